The highest BCUT2D eigenvalue weighted by atomic mass is 16.6. The molecule has 27 heavy (non-hydrogen) atoms. The molecule has 2 aliphatic carbocycles. The molecular formula is C18H18N4O5. The summed E-state index contributed by atoms with van der Waals surface area (Å²) >= 11 is 0. The van der Waals surface area contributed by atoms with Crippen LogP contribution in [-0.4, -0.2) is 32.7 Å². The minimum atomic E-state index is -0.971. The van der Waals surface area contributed by atoms with Crippen LogP contribution in [-0.2, 0) is 0 Å². The standard InChI is InChI=1S/C18H18N4O5/c1-16-10-20(18(9-19)8-12(16)3-4-17(16,18)2)15(23)11-5-13(21(24)25)7-14(6-11)22(26)27/h5-7,12H,3-4,8,10H2,1-2H3/t12-,16-,17-,18-/m0/s1. The molecule has 1 aliphatic heterocycles. The average molecular weight is 370 g/mol. The minimum absolute atomic E-state index is 0.124. The van der Waals surface area contributed by atoms with Gasteiger partial charge in [0, 0.05) is 24.1 Å². The van der Waals surface area contributed by atoms with E-state index in [1.165, 1.54) is 4.90 Å². The van der Waals surface area contributed by atoms with Crippen LogP contribution in [0.4, 0.5) is 11.4 Å². The third-order valence-corrected chi connectivity index (χ3v) is 7.56. The summed E-state index contributed by atoms with van der Waals surface area (Å²) in [4.78, 5) is 35.5. The van der Waals surface area contributed by atoms with Crippen LogP contribution in [0.3, 0.4) is 0 Å². The monoisotopic (exact) mass is 370 g/mol. The Bertz CT molecular complexity index is 923. The van der Waals surface area contributed by atoms with Gasteiger partial charge in [0.2, 0.25) is 0 Å². The number of hydrogen-bond donors (Lipinski definition) is 0. The van der Waals surface area contributed by atoms with E-state index in [2.05, 4.69) is 13.0 Å². The van der Waals surface area contributed by atoms with Crippen molar-refractivity contribution in [2.45, 2.75) is 38.6 Å². The van der Waals surface area contributed by atoms with Crippen LogP contribution in [0.2, 0.25) is 0 Å². The van der Waals surface area contributed by atoms with Crippen molar-refractivity contribution in [2.75, 3.05) is 6.54 Å². The third-order valence-electron chi connectivity index (χ3n) is 7.56. The van der Waals surface area contributed by atoms with Crippen LogP contribution in [0.1, 0.15) is 43.5 Å². The van der Waals surface area contributed by atoms with Crippen LogP contribution in [0.25, 0.3) is 0 Å². The summed E-state index contributed by atoms with van der Waals surface area (Å²) in [6, 6.07) is 5.31. The van der Waals surface area contributed by atoms with E-state index < -0.39 is 32.7 Å². The SMILES string of the molecule is C[C@@]12CC[C@H]3C[C@@]1(C#N)N(C(=O)c1cc([N+](=O)[O-])cc([N+](=O)[O-])c1)C[C@@]32C. The molecular weight excluding hydrogens is 352 g/mol. The van der Waals surface area contributed by atoms with Crippen LogP contribution >= 0.6 is 0 Å². The normalized spacial score (nSPS) is 35.9. The first kappa shape index (κ1) is 17.4. The second-order valence-corrected chi connectivity index (χ2v) is 8.30. The summed E-state index contributed by atoms with van der Waals surface area (Å²) in [5.41, 5.74) is -2.65. The molecule has 1 saturated heterocycles. The Morgan fingerprint density at radius 1 is 1.22 bits per heavy atom. The molecule has 4 bridgehead atoms. The number of amides is 1. The molecule has 1 heterocycles. The molecule has 9 nitrogen and oxygen atoms in total. The van der Waals surface area contributed by atoms with Crippen LogP contribution in [0.5, 0.6) is 0 Å². The molecule has 140 valence electrons. The second kappa shape index (κ2) is 5.03. The summed E-state index contributed by atoms with van der Waals surface area (Å²) in [5, 5.41) is 32.3. The van der Waals surface area contributed by atoms with Gasteiger partial charge in [0.15, 0.2) is 0 Å². The smallest absolute Gasteiger partial charge is 0.277 e. The number of rotatable bonds is 3. The molecule has 3 fully saturated rings. The lowest BCUT2D eigenvalue weighted by Gasteiger charge is -2.43. The first-order valence-corrected chi connectivity index (χ1v) is 8.77. The number of carbonyl (C=O) groups excluding carboxylic acids is 1. The summed E-state index contributed by atoms with van der Waals surface area (Å²) < 4.78 is 0. The molecule has 0 spiro atoms. The van der Waals surface area contributed by atoms with Gasteiger partial charge in [0.1, 0.15) is 5.54 Å². The molecule has 0 unspecified atom stereocenters. The summed E-state index contributed by atoms with van der Waals surface area (Å²) in [6.45, 7) is 4.54. The number of likely N-dealkylation sites (tertiary alicyclic amines) is 1. The number of nitrogens with zero attached hydrogens (tertiary/aromatic N) is 4. The molecule has 4 atom stereocenters. The van der Waals surface area contributed by atoms with Gasteiger partial charge < -0.3 is 4.90 Å². The molecule has 4 rings (SSSR count). The number of non-ortho nitro benzene ring substituents is 2. The van der Waals surface area contributed by atoms with Crippen LogP contribution in [0.15, 0.2) is 18.2 Å². The largest absolute Gasteiger partial charge is 0.319 e. The number of carbonyl (C=O) groups is 1. The van der Waals surface area contributed by atoms with E-state index in [1.54, 1.807) is 0 Å². The maximum Gasteiger partial charge on any atom is 0.277 e. The Morgan fingerprint density at radius 3 is 2.30 bits per heavy atom. The highest BCUT2D eigenvalue weighted by Crippen LogP contribution is 2.75. The first-order valence-electron chi connectivity index (χ1n) is 8.77. The topological polar surface area (TPSA) is 130 Å². The third kappa shape index (κ3) is 1.85. The van der Waals surface area contributed by atoms with Gasteiger partial charge in [-0.25, -0.2) is 0 Å². The van der Waals surface area contributed by atoms with Crippen molar-refractivity contribution in [3.63, 3.8) is 0 Å². The van der Waals surface area contributed by atoms with Gasteiger partial charge in [-0.05, 0) is 30.6 Å². The van der Waals surface area contributed by atoms with Gasteiger partial charge >= 0.3 is 0 Å². The second-order valence-electron chi connectivity index (χ2n) is 8.30. The summed E-state index contributed by atoms with van der Waals surface area (Å²) in [6.07, 6.45) is 2.46. The van der Waals surface area contributed by atoms with Crippen LogP contribution < -0.4 is 0 Å². The predicted octanol–water partition coefficient (Wildman–Crippen LogP) is 3.05. The van der Waals surface area contributed by atoms with Crippen molar-refractivity contribution in [3.8, 4) is 6.07 Å². The van der Waals surface area contributed by atoms with E-state index in [0.717, 1.165) is 31.0 Å². The van der Waals surface area contributed by atoms with E-state index in [4.69, 9.17) is 0 Å². The molecule has 2 saturated carbocycles. The van der Waals surface area contributed by atoms with Crippen LogP contribution in [0, 0.1) is 48.3 Å². The molecule has 0 N–H and O–H groups in total. The predicted molar refractivity (Wildman–Crippen MR) is 92.7 cm³/mol. The molecule has 0 aromatic heterocycles. The fourth-order valence-corrected chi connectivity index (χ4v) is 5.84. The molecule has 1 amide bonds. The summed E-state index contributed by atoms with van der Waals surface area (Å²) in [7, 11) is 0. The Morgan fingerprint density at radius 2 is 1.81 bits per heavy atom. The van der Waals surface area contributed by atoms with Gasteiger partial charge in [0.25, 0.3) is 17.3 Å². The van der Waals surface area contributed by atoms with Gasteiger partial charge in [-0.1, -0.05) is 13.8 Å². The lowest BCUT2D eigenvalue weighted by molar-refractivity contribution is -0.394. The molecule has 3 aliphatic rings. The number of hydrogen-bond acceptors (Lipinski definition) is 6. The van der Waals surface area contributed by atoms with Crippen molar-refractivity contribution < 1.29 is 14.6 Å². The number of piperidine rings is 1. The zero-order valence-corrected chi connectivity index (χ0v) is 15.0. The van der Waals surface area contributed by atoms with Crippen molar-refractivity contribution in [1.29, 1.82) is 5.26 Å². The minimum Gasteiger partial charge on any atom is -0.319 e. The molecule has 9 heteroatoms. The van der Waals surface area contributed by atoms with E-state index in [9.17, 15) is 30.3 Å². The Labute approximate surface area is 154 Å². The average Bonchev–Trinajstić information content (AvgIpc) is 3.09. The highest BCUT2D eigenvalue weighted by molar-refractivity contribution is 5.97. The number of nitro groups is 2. The maximum atomic E-state index is 13.2. The van der Waals surface area contributed by atoms with Gasteiger partial charge in [-0.15, -0.1) is 0 Å². The number of nitro benzene ring substituents is 2. The van der Waals surface area contributed by atoms with Crippen molar-refractivity contribution in [3.05, 3.63) is 44.0 Å². The zero-order valence-electron chi connectivity index (χ0n) is 15.0. The lowest BCUT2D eigenvalue weighted by atomic mass is 9.66. The van der Waals surface area contributed by atoms with E-state index in [0.29, 0.717) is 18.9 Å². The van der Waals surface area contributed by atoms with Crippen molar-refractivity contribution in [2.24, 2.45) is 16.7 Å². The van der Waals surface area contributed by atoms with Crippen molar-refractivity contribution in [1.82, 2.24) is 4.90 Å². The number of benzene rings is 1. The molecule has 0 radical (unpaired) electrons. The van der Waals surface area contributed by atoms with Crippen molar-refractivity contribution >= 4 is 17.3 Å². The maximum absolute atomic E-state index is 13.2. The Kier molecular flexibility index (Phi) is 3.24. The number of nitriles is 1. The van der Waals surface area contributed by atoms with Gasteiger partial charge in [0.05, 0.1) is 27.5 Å². The zero-order chi connectivity index (χ0) is 19.8. The molecule has 1 aromatic carbocycles. The van der Waals surface area contributed by atoms with E-state index in [1.807, 2.05) is 6.92 Å². The quantitative estimate of drug-likeness (QED) is 0.593. The fourth-order valence-electron chi connectivity index (χ4n) is 5.84. The highest BCUT2D eigenvalue weighted by Gasteiger charge is 2.78. The lowest BCUT2D eigenvalue weighted by Crippen LogP contribution is -2.54. The molecule has 1 aromatic rings. The van der Waals surface area contributed by atoms with E-state index in [-0.39, 0.29) is 16.4 Å². The fraction of sp³-hybridized carbons (Fsp3) is 0.556. The Hall–Kier alpha value is -3.02. The Balaban J connectivity index is 1.80. The first-order chi connectivity index (χ1) is 12.6. The van der Waals surface area contributed by atoms with Gasteiger partial charge in [-0.2, -0.15) is 5.26 Å². The summed E-state index contributed by atoms with van der Waals surface area (Å²) in [5.74, 6) is -0.190. The van der Waals surface area contributed by atoms with E-state index >= 15 is 0 Å². The van der Waals surface area contributed by atoms with Gasteiger partial charge in [-0.3, -0.25) is 25.0 Å².